The Hall–Kier alpha value is -1.87. The van der Waals surface area contributed by atoms with Crippen LogP contribution in [0.1, 0.15) is 36.7 Å². The second-order valence-corrected chi connectivity index (χ2v) is 4.93. The molecule has 1 amide bonds. The molecule has 0 aliphatic carbocycles. The van der Waals surface area contributed by atoms with E-state index in [4.69, 9.17) is 10.4 Å². The number of aromatic nitrogens is 2. The number of hydrogen-bond acceptors (Lipinski definition) is 4. The van der Waals surface area contributed by atoms with Gasteiger partial charge in [-0.25, -0.2) is 0 Å². The summed E-state index contributed by atoms with van der Waals surface area (Å²) in [7, 11) is 0. The van der Waals surface area contributed by atoms with Crippen molar-refractivity contribution >= 4 is 5.91 Å². The molecule has 2 N–H and O–H groups in total. The van der Waals surface area contributed by atoms with E-state index in [1.807, 2.05) is 18.5 Å². The lowest BCUT2D eigenvalue weighted by Gasteiger charge is -2.10. The third-order valence-electron chi connectivity index (χ3n) is 3.25. The molecule has 1 atom stereocenters. The summed E-state index contributed by atoms with van der Waals surface area (Å²) in [5.74, 6) is -0.0740. The second kappa shape index (κ2) is 7.65. The Labute approximate surface area is 119 Å². The molecule has 0 aliphatic rings. The molecule has 1 aromatic rings. The number of nitrogens with zero attached hydrogens (tertiary/aromatic N) is 3. The lowest BCUT2D eigenvalue weighted by Crippen LogP contribution is -2.35. The highest BCUT2D eigenvalue weighted by molar-refractivity contribution is 5.76. The number of hydrogen-bond donors (Lipinski definition) is 2. The molecule has 0 saturated carbocycles. The first-order valence-corrected chi connectivity index (χ1v) is 6.79. The summed E-state index contributed by atoms with van der Waals surface area (Å²) < 4.78 is 1.82. The van der Waals surface area contributed by atoms with E-state index in [2.05, 4.69) is 16.5 Å². The molecule has 6 nitrogen and oxygen atoms in total. The van der Waals surface area contributed by atoms with Crippen LogP contribution in [0.5, 0.6) is 0 Å². The molecule has 0 spiro atoms. The summed E-state index contributed by atoms with van der Waals surface area (Å²) in [6.45, 7) is 6.15. The lowest BCUT2D eigenvalue weighted by atomic mass is 10.1. The zero-order valence-electron chi connectivity index (χ0n) is 12.3. The van der Waals surface area contributed by atoms with Gasteiger partial charge in [0.2, 0.25) is 5.91 Å². The van der Waals surface area contributed by atoms with Gasteiger partial charge in [0.25, 0.3) is 0 Å². The van der Waals surface area contributed by atoms with Gasteiger partial charge in [0.05, 0.1) is 31.3 Å². The predicted molar refractivity (Wildman–Crippen MR) is 74.9 cm³/mol. The van der Waals surface area contributed by atoms with Crippen molar-refractivity contribution in [3.8, 4) is 6.07 Å². The van der Waals surface area contributed by atoms with E-state index in [9.17, 15) is 4.79 Å². The van der Waals surface area contributed by atoms with Gasteiger partial charge in [0.1, 0.15) is 0 Å². The molecular weight excluding hydrogens is 256 g/mol. The first kappa shape index (κ1) is 16.2. The largest absolute Gasteiger partial charge is 0.394 e. The minimum absolute atomic E-state index is 0.0596. The molecule has 0 radical (unpaired) electrons. The molecule has 110 valence electrons. The number of nitriles is 1. The molecule has 0 bridgehead atoms. The monoisotopic (exact) mass is 278 g/mol. The topological polar surface area (TPSA) is 90.9 Å². The highest BCUT2D eigenvalue weighted by Crippen LogP contribution is 2.15. The highest BCUT2D eigenvalue weighted by Gasteiger charge is 2.13. The molecular formula is C14H22N4O2. The van der Waals surface area contributed by atoms with Crippen molar-refractivity contribution in [2.24, 2.45) is 0 Å². The number of carbonyl (C=O) groups excluding carboxylic acids is 1. The fourth-order valence-corrected chi connectivity index (χ4v) is 2.10. The van der Waals surface area contributed by atoms with Crippen molar-refractivity contribution in [1.82, 2.24) is 15.1 Å². The highest BCUT2D eigenvalue weighted by atomic mass is 16.3. The van der Waals surface area contributed by atoms with E-state index in [-0.39, 0.29) is 18.6 Å². The summed E-state index contributed by atoms with van der Waals surface area (Å²) in [4.78, 5) is 11.7. The Morgan fingerprint density at radius 2 is 2.25 bits per heavy atom. The van der Waals surface area contributed by atoms with Crippen LogP contribution in [0.4, 0.5) is 0 Å². The van der Waals surface area contributed by atoms with E-state index < -0.39 is 0 Å². The van der Waals surface area contributed by atoms with Crippen molar-refractivity contribution < 1.29 is 9.90 Å². The van der Waals surface area contributed by atoms with Gasteiger partial charge in [-0.15, -0.1) is 0 Å². The van der Waals surface area contributed by atoms with Gasteiger partial charge < -0.3 is 10.4 Å². The summed E-state index contributed by atoms with van der Waals surface area (Å²) in [6, 6.07) is 1.88. The minimum atomic E-state index is -0.219. The Kier molecular flexibility index (Phi) is 6.19. The first-order valence-electron chi connectivity index (χ1n) is 6.79. The van der Waals surface area contributed by atoms with E-state index in [1.165, 1.54) is 0 Å². The lowest BCUT2D eigenvalue weighted by molar-refractivity contribution is -0.121. The van der Waals surface area contributed by atoms with Gasteiger partial charge in [-0.3, -0.25) is 9.48 Å². The van der Waals surface area contributed by atoms with Crippen molar-refractivity contribution in [3.05, 3.63) is 17.0 Å². The van der Waals surface area contributed by atoms with Crippen LogP contribution in [0.25, 0.3) is 0 Å². The van der Waals surface area contributed by atoms with Crippen molar-refractivity contribution in [1.29, 1.82) is 5.26 Å². The van der Waals surface area contributed by atoms with Crippen molar-refractivity contribution in [2.45, 2.75) is 52.6 Å². The molecule has 0 aliphatic heterocycles. The zero-order valence-corrected chi connectivity index (χ0v) is 12.3. The number of aliphatic hydroxyl groups excluding tert-OH is 1. The fourth-order valence-electron chi connectivity index (χ4n) is 2.10. The predicted octanol–water partition coefficient (Wildman–Crippen LogP) is 0.843. The quantitative estimate of drug-likeness (QED) is 0.773. The number of aliphatic hydroxyl groups is 1. The molecule has 0 aromatic carbocycles. The van der Waals surface area contributed by atoms with Crippen LogP contribution in [0.3, 0.4) is 0 Å². The van der Waals surface area contributed by atoms with E-state index in [0.29, 0.717) is 25.8 Å². The number of amides is 1. The molecule has 0 saturated heterocycles. The second-order valence-electron chi connectivity index (χ2n) is 4.93. The van der Waals surface area contributed by atoms with E-state index >= 15 is 0 Å². The van der Waals surface area contributed by atoms with Gasteiger partial charge in [-0.05, 0) is 32.8 Å². The average Bonchev–Trinajstić information content (AvgIpc) is 2.68. The van der Waals surface area contributed by atoms with Crippen LogP contribution in [0, 0.1) is 25.2 Å². The Bertz CT molecular complexity index is 502. The maximum atomic E-state index is 11.7. The molecule has 1 rings (SSSR count). The Morgan fingerprint density at radius 1 is 1.55 bits per heavy atom. The van der Waals surface area contributed by atoms with Gasteiger partial charge in [0, 0.05) is 18.2 Å². The molecule has 0 fully saturated rings. The maximum Gasteiger partial charge on any atom is 0.220 e. The molecule has 20 heavy (non-hydrogen) atoms. The van der Waals surface area contributed by atoms with Gasteiger partial charge in [0.15, 0.2) is 0 Å². The molecule has 1 heterocycles. The molecule has 1 aromatic heterocycles. The Balaban J connectivity index is 2.62. The third kappa shape index (κ3) is 4.35. The average molecular weight is 278 g/mol. The zero-order chi connectivity index (χ0) is 15.1. The Morgan fingerprint density at radius 3 is 2.85 bits per heavy atom. The van der Waals surface area contributed by atoms with E-state index in [1.54, 1.807) is 6.92 Å². The standard InChI is InChI=1S/C14H22N4O2/c1-10(9-19)16-14(20)6-5-13-11(2)17-18(12(13)3)8-4-7-15/h10,19H,4-6,8-9H2,1-3H3,(H,16,20). The van der Waals surface area contributed by atoms with Gasteiger partial charge in [-0.2, -0.15) is 10.4 Å². The van der Waals surface area contributed by atoms with E-state index in [0.717, 1.165) is 17.0 Å². The van der Waals surface area contributed by atoms with Crippen molar-refractivity contribution in [3.63, 3.8) is 0 Å². The van der Waals surface area contributed by atoms with Crippen molar-refractivity contribution in [2.75, 3.05) is 6.61 Å². The van der Waals surface area contributed by atoms with Crippen LogP contribution in [0.2, 0.25) is 0 Å². The summed E-state index contributed by atoms with van der Waals surface area (Å²) in [5.41, 5.74) is 2.99. The fraction of sp³-hybridized carbons (Fsp3) is 0.643. The minimum Gasteiger partial charge on any atom is -0.394 e. The third-order valence-corrected chi connectivity index (χ3v) is 3.25. The van der Waals surface area contributed by atoms with Crippen LogP contribution in [0.15, 0.2) is 0 Å². The van der Waals surface area contributed by atoms with Crippen LogP contribution in [-0.4, -0.2) is 33.4 Å². The maximum absolute atomic E-state index is 11.7. The summed E-state index contributed by atoms with van der Waals surface area (Å²) >= 11 is 0. The normalized spacial score (nSPS) is 11.9. The van der Waals surface area contributed by atoms with Gasteiger partial charge >= 0.3 is 0 Å². The summed E-state index contributed by atoms with van der Waals surface area (Å²) in [6.07, 6.45) is 1.42. The SMILES string of the molecule is Cc1nn(CCC#N)c(C)c1CCC(=O)NC(C)CO. The number of carbonyl (C=O) groups is 1. The van der Waals surface area contributed by atoms with Crippen LogP contribution in [-0.2, 0) is 17.8 Å². The summed E-state index contributed by atoms with van der Waals surface area (Å²) in [5, 5.41) is 24.6. The number of nitrogens with one attached hydrogen (secondary N) is 1. The van der Waals surface area contributed by atoms with Gasteiger partial charge in [-0.1, -0.05) is 0 Å². The molecule has 1 unspecified atom stereocenters. The number of rotatable bonds is 7. The molecule has 6 heteroatoms. The first-order chi connectivity index (χ1) is 9.49. The van der Waals surface area contributed by atoms with Crippen LogP contribution < -0.4 is 5.32 Å². The number of aryl methyl sites for hydroxylation is 2. The smallest absolute Gasteiger partial charge is 0.220 e. The van der Waals surface area contributed by atoms with Crippen LogP contribution >= 0.6 is 0 Å².